The van der Waals surface area contributed by atoms with Crippen molar-refractivity contribution in [1.82, 2.24) is 10.3 Å². The van der Waals surface area contributed by atoms with Gasteiger partial charge in [-0.1, -0.05) is 6.07 Å². The molecule has 0 amide bonds. The molecule has 2 N–H and O–H groups in total. The number of likely N-dealkylation sites (N-methyl/N-ethyl adjacent to an activating group) is 1. The number of pyridine rings is 1. The summed E-state index contributed by atoms with van der Waals surface area (Å²) in [5.41, 5.74) is 1.07. The van der Waals surface area contributed by atoms with Crippen LogP contribution in [0.4, 0.5) is 0 Å². The van der Waals surface area contributed by atoms with E-state index in [1.165, 1.54) is 0 Å². The lowest BCUT2D eigenvalue weighted by atomic mass is 9.97. The maximum atomic E-state index is 10.0. The standard InChI is InChI=1S/C10H16N2O/c1-8-4-9(6-12-5-8)10(2,13)7-11-3/h4-6,11,13H,7H2,1-3H3. The van der Waals surface area contributed by atoms with Crippen molar-refractivity contribution in [2.75, 3.05) is 13.6 Å². The summed E-state index contributed by atoms with van der Waals surface area (Å²) in [5, 5.41) is 13.0. The van der Waals surface area contributed by atoms with Crippen LogP contribution < -0.4 is 5.32 Å². The normalized spacial score (nSPS) is 15.4. The molecule has 0 saturated heterocycles. The van der Waals surface area contributed by atoms with Crippen LogP contribution in [0.1, 0.15) is 18.1 Å². The maximum Gasteiger partial charge on any atom is 0.101 e. The Morgan fingerprint density at radius 2 is 2.23 bits per heavy atom. The number of nitrogens with zero attached hydrogens (tertiary/aromatic N) is 1. The second-order valence-electron chi connectivity index (χ2n) is 3.56. The topological polar surface area (TPSA) is 45.1 Å². The highest BCUT2D eigenvalue weighted by molar-refractivity contribution is 5.22. The van der Waals surface area contributed by atoms with Crippen LogP contribution in [0.15, 0.2) is 18.5 Å². The van der Waals surface area contributed by atoms with Gasteiger partial charge in [0.1, 0.15) is 5.60 Å². The van der Waals surface area contributed by atoms with Gasteiger partial charge in [0.25, 0.3) is 0 Å². The number of rotatable bonds is 3. The van der Waals surface area contributed by atoms with Crippen LogP contribution in [0.5, 0.6) is 0 Å². The molecule has 0 spiro atoms. The van der Waals surface area contributed by atoms with Gasteiger partial charge in [0.2, 0.25) is 0 Å². The van der Waals surface area contributed by atoms with Gasteiger partial charge in [0.05, 0.1) is 0 Å². The van der Waals surface area contributed by atoms with E-state index in [1.807, 2.05) is 20.0 Å². The smallest absolute Gasteiger partial charge is 0.101 e. The van der Waals surface area contributed by atoms with Gasteiger partial charge in [-0.3, -0.25) is 4.98 Å². The van der Waals surface area contributed by atoms with Gasteiger partial charge in [-0.25, -0.2) is 0 Å². The van der Waals surface area contributed by atoms with Crippen molar-refractivity contribution in [1.29, 1.82) is 0 Å². The van der Waals surface area contributed by atoms with E-state index in [0.717, 1.165) is 11.1 Å². The van der Waals surface area contributed by atoms with E-state index in [1.54, 1.807) is 19.3 Å². The number of aromatic nitrogens is 1. The molecule has 1 aromatic rings. The van der Waals surface area contributed by atoms with Gasteiger partial charge in [-0.05, 0) is 26.5 Å². The Balaban J connectivity index is 2.93. The van der Waals surface area contributed by atoms with Crippen molar-refractivity contribution in [2.24, 2.45) is 0 Å². The minimum absolute atomic E-state index is 0.526. The van der Waals surface area contributed by atoms with Gasteiger partial charge in [0.15, 0.2) is 0 Å². The summed E-state index contributed by atoms with van der Waals surface area (Å²) >= 11 is 0. The molecule has 0 bridgehead atoms. The van der Waals surface area contributed by atoms with Crippen molar-refractivity contribution in [2.45, 2.75) is 19.4 Å². The summed E-state index contributed by atoms with van der Waals surface area (Å²) in [6, 6.07) is 1.95. The molecule has 13 heavy (non-hydrogen) atoms. The summed E-state index contributed by atoms with van der Waals surface area (Å²) in [7, 11) is 1.82. The molecule has 1 rings (SSSR count). The molecular formula is C10H16N2O. The van der Waals surface area contributed by atoms with Crippen LogP contribution >= 0.6 is 0 Å². The second kappa shape index (κ2) is 3.85. The van der Waals surface area contributed by atoms with Crippen LogP contribution in [0, 0.1) is 6.92 Å². The third-order valence-corrected chi connectivity index (χ3v) is 2.02. The molecular weight excluding hydrogens is 164 g/mol. The Morgan fingerprint density at radius 1 is 1.54 bits per heavy atom. The quantitative estimate of drug-likeness (QED) is 0.723. The molecule has 0 saturated carbocycles. The van der Waals surface area contributed by atoms with Crippen LogP contribution in [-0.4, -0.2) is 23.7 Å². The Hall–Kier alpha value is -0.930. The molecule has 0 radical (unpaired) electrons. The summed E-state index contributed by atoms with van der Waals surface area (Å²) in [6.45, 7) is 4.27. The fourth-order valence-electron chi connectivity index (χ4n) is 1.30. The lowest BCUT2D eigenvalue weighted by Crippen LogP contribution is -2.33. The first-order chi connectivity index (χ1) is 6.06. The number of hydrogen-bond donors (Lipinski definition) is 2. The lowest BCUT2D eigenvalue weighted by Gasteiger charge is -2.23. The summed E-state index contributed by atoms with van der Waals surface area (Å²) < 4.78 is 0. The second-order valence-corrected chi connectivity index (χ2v) is 3.56. The highest BCUT2D eigenvalue weighted by Gasteiger charge is 2.22. The molecule has 72 valence electrons. The molecule has 1 aromatic heterocycles. The number of aryl methyl sites for hydroxylation is 1. The van der Waals surface area contributed by atoms with Crippen molar-refractivity contribution in [3.63, 3.8) is 0 Å². The zero-order chi connectivity index (χ0) is 9.90. The highest BCUT2D eigenvalue weighted by atomic mass is 16.3. The molecule has 1 unspecified atom stereocenters. The van der Waals surface area contributed by atoms with E-state index >= 15 is 0 Å². The van der Waals surface area contributed by atoms with Gasteiger partial charge in [-0.2, -0.15) is 0 Å². The Morgan fingerprint density at radius 3 is 2.77 bits per heavy atom. The zero-order valence-corrected chi connectivity index (χ0v) is 8.33. The number of aliphatic hydroxyl groups is 1. The average Bonchev–Trinajstić information content (AvgIpc) is 2.04. The number of nitrogens with one attached hydrogen (secondary N) is 1. The molecule has 3 heteroatoms. The van der Waals surface area contributed by atoms with Crippen LogP contribution in [0.3, 0.4) is 0 Å². The van der Waals surface area contributed by atoms with Crippen LogP contribution in [0.25, 0.3) is 0 Å². The van der Waals surface area contributed by atoms with Gasteiger partial charge < -0.3 is 10.4 Å². The minimum Gasteiger partial charge on any atom is -0.384 e. The fraction of sp³-hybridized carbons (Fsp3) is 0.500. The van der Waals surface area contributed by atoms with Crippen molar-refractivity contribution < 1.29 is 5.11 Å². The maximum absolute atomic E-state index is 10.0. The van der Waals surface area contributed by atoms with E-state index < -0.39 is 5.60 Å². The van der Waals surface area contributed by atoms with Crippen LogP contribution in [0.2, 0.25) is 0 Å². The Bertz CT molecular complexity index is 284. The monoisotopic (exact) mass is 180 g/mol. The molecule has 3 nitrogen and oxygen atoms in total. The minimum atomic E-state index is -0.840. The van der Waals surface area contributed by atoms with Crippen molar-refractivity contribution in [3.8, 4) is 0 Å². The first-order valence-electron chi connectivity index (χ1n) is 4.35. The largest absolute Gasteiger partial charge is 0.384 e. The van der Waals surface area contributed by atoms with Gasteiger partial charge in [-0.15, -0.1) is 0 Å². The highest BCUT2D eigenvalue weighted by Crippen LogP contribution is 2.19. The zero-order valence-electron chi connectivity index (χ0n) is 8.33. The fourth-order valence-corrected chi connectivity index (χ4v) is 1.30. The predicted octanol–water partition coefficient (Wildman–Crippen LogP) is 0.817. The molecule has 0 fully saturated rings. The van der Waals surface area contributed by atoms with Crippen molar-refractivity contribution >= 4 is 0 Å². The first-order valence-corrected chi connectivity index (χ1v) is 4.35. The van der Waals surface area contributed by atoms with Gasteiger partial charge in [0, 0.05) is 24.5 Å². The van der Waals surface area contributed by atoms with E-state index in [2.05, 4.69) is 10.3 Å². The summed E-state index contributed by atoms with van der Waals surface area (Å²) in [6.07, 6.45) is 3.48. The Labute approximate surface area is 78.8 Å². The SMILES string of the molecule is CNCC(C)(O)c1cncc(C)c1. The third-order valence-electron chi connectivity index (χ3n) is 2.02. The molecule has 0 aliphatic carbocycles. The van der Waals surface area contributed by atoms with E-state index in [-0.39, 0.29) is 0 Å². The van der Waals surface area contributed by atoms with E-state index in [0.29, 0.717) is 6.54 Å². The third kappa shape index (κ3) is 2.50. The first kappa shape index (κ1) is 10.2. The Kier molecular flexibility index (Phi) is 3.01. The molecule has 0 aromatic carbocycles. The summed E-state index contributed by atoms with van der Waals surface area (Å²) in [4.78, 5) is 4.04. The molecule has 1 atom stereocenters. The summed E-state index contributed by atoms with van der Waals surface area (Å²) in [5.74, 6) is 0. The molecule has 0 aliphatic rings. The van der Waals surface area contributed by atoms with E-state index in [4.69, 9.17) is 0 Å². The van der Waals surface area contributed by atoms with Crippen LogP contribution in [-0.2, 0) is 5.60 Å². The van der Waals surface area contributed by atoms with E-state index in [9.17, 15) is 5.11 Å². The molecule has 1 heterocycles. The molecule has 0 aliphatic heterocycles. The van der Waals surface area contributed by atoms with Gasteiger partial charge >= 0.3 is 0 Å². The lowest BCUT2D eigenvalue weighted by molar-refractivity contribution is 0.0587. The number of hydrogen-bond acceptors (Lipinski definition) is 3. The average molecular weight is 180 g/mol. The predicted molar refractivity (Wildman–Crippen MR) is 52.5 cm³/mol. The van der Waals surface area contributed by atoms with Crippen molar-refractivity contribution in [3.05, 3.63) is 29.6 Å².